The highest BCUT2D eigenvalue weighted by atomic mass is 32.1. The second-order valence-corrected chi connectivity index (χ2v) is 4.83. The summed E-state index contributed by atoms with van der Waals surface area (Å²) < 4.78 is 19.4. The van der Waals surface area contributed by atoms with Crippen molar-refractivity contribution in [2.45, 2.75) is 13.1 Å². The maximum absolute atomic E-state index is 14.1. The molecule has 2 rings (SSSR count). The van der Waals surface area contributed by atoms with Gasteiger partial charge in [0.2, 0.25) is 0 Å². The molecule has 1 aromatic carbocycles. The molecule has 3 nitrogen and oxygen atoms in total. The molecule has 19 heavy (non-hydrogen) atoms. The minimum Gasteiger partial charge on any atom is -0.468 e. The molecule has 0 saturated carbocycles. The summed E-state index contributed by atoms with van der Waals surface area (Å²) in [6.07, 6.45) is 1.62. The van der Waals surface area contributed by atoms with Crippen LogP contribution in [-0.2, 0) is 13.1 Å². The summed E-state index contributed by atoms with van der Waals surface area (Å²) in [4.78, 5) is 2.04. The Morgan fingerprint density at radius 1 is 1.32 bits per heavy atom. The maximum atomic E-state index is 14.1. The number of nitrogens with two attached hydrogens (primary N) is 1. The van der Waals surface area contributed by atoms with Gasteiger partial charge in [0.25, 0.3) is 0 Å². The van der Waals surface area contributed by atoms with E-state index in [0.717, 1.165) is 5.76 Å². The van der Waals surface area contributed by atoms with E-state index in [1.54, 1.807) is 24.5 Å². The molecule has 0 bridgehead atoms. The van der Waals surface area contributed by atoms with E-state index < -0.39 is 0 Å². The van der Waals surface area contributed by atoms with Crippen LogP contribution in [0.5, 0.6) is 0 Å². The first-order valence-electron chi connectivity index (χ1n) is 5.86. The Morgan fingerprint density at radius 3 is 2.74 bits per heavy atom. The van der Waals surface area contributed by atoms with Crippen LogP contribution in [0.1, 0.15) is 16.9 Å². The van der Waals surface area contributed by atoms with Gasteiger partial charge in [0, 0.05) is 17.7 Å². The van der Waals surface area contributed by atoms with Crippen molar-refractivity contribution >= 4 is 17.2 Å². The minimum absolute atomic E-state index is 0.0769. The van der Waals surface area contributed by atoms with Crippen LogP contribution in [0.4, 0.5) is 4.39 Å². The first-order valence-corrected chi connectivity index (χ1v) is 6.27. The molecule has 2 N–H and O–H groups in total. The molecule has 0 radical (unpaired) electrons. The van der Waals surface area contributed by atoms with E-state index >= 15 is 0 Å². The van der Waals surface area contributed by atoms with Crippen LogP contribution in [0.15, 0.2) is 41.0 Å². The van der Waals surface area contributed by atoms with Gasteiger partial charge in [-0.05, 0) is 25.2 Å². The van der Waals surface area contributed by atoms with Gasteiger partial charge in [-0.1, -0.05) is 24.4 Å². The van der Waals surface area contributed by atoms with Gasteiger partial charge in [-0.25, -0.2) is 4.39 Å². The third kappa shape index (κ3) is 3.39. The standard InChI is InChI=1S/C14H15FN2OS/c1-17(9-11-5-3-7-18-11)8-10-4-2-6-12(13(10)15)14(16)19/h2-7H,8-9H2,1H3,(H2,16,19). The van der Waals surface area contributed by atoms with Crippen LogP contribution in [-0.4, -0.2) is 16.9 Å². The molecular formula is C14H15FN2OS. The zero-order chi connectivity index (χ0) is 13.8. The van der Waals surface area contributed by atoms with Crippen molar-refractivity contribution in [3.63, 3.8) is 0 Å². The fourth-order valence-corrected chi connectivity index (χ4v) is 2.07. The van der Waals surface area contributed by atoms with Crippen molar-refractivity contribution in [1.29, 1.82) is 0 Å². The molecule has 100 valence electrons. The molecule has 0 atom stereocenters. The minimum atomic E-state index is -0.346. The second kappa shape index (κ2) is 5.95. The van der Waals surface area contributed by atoms with Crippen molar-refractivity contribution in [2.75, 3.05) is 7.05 Å². The Labute approximate surface area is 116 Å². The van der Waals surface area contributed by atoms with E-state index in [0.29, 0.717) is 24.2 Å². The first-order chi connectivity index (χ1) is 9.08. The normalized spacial score (nSPS) is 10.9. The number of halogens is 1. The number of hydrogen-bond donors (Lipinski definition) is 1. The zero-order valence-electron chi connectivity index (χ0n) is 10.6. The third-order valence-corrected chi connectivity index (χ3v) is 3.01. The topological polar surface area (TPSA) is 42.4 Å². The van der Waals surface area contributed by atoms with Crippen LogP contribution >= 0.6 is 12.2 Å². The summed E-state index contributed by atoms with van der Waals surface area (Å²) in [5.41, 5.74) is 6.35. The number of rotatable bonds is 5. The molecule has 0 aliphatic heterocycles. The molecule has 1 aromatic heterocycles. The van der Waals surface area contributed by atoms with Gasteiger partial charge in [-0.15, -0.1) is 0 Å². The number of furan rings is 1. The Morgan fingerprint density at radius 2 is 2.11 bits per heavy atom. The van der Waals surface area contributed by atoms with Crippen LogP contribution < -0.4 is 5.73 Å². The highest BCUT2D eigenvalue weighted by molar-refractivity contribution is 7.80. The largest absolute Gasteiger partial charge is 0.468 e. The number of hydrogen-bond acceptors (Lipinski definition) is 3. The molecule has 2 aromatic rings. The highest BCUT2D eigenvalue weighted by Crippen LogP contribution is 2.16. The molecule has 0 aliphatic carbocycles. The Balaban J connectivity index is 2.10. The average molecular weight is 278 g/mol. The lowest BCUT2D eigenvalue weighted by molar-refractivity contribution is 0.284. The van der Waals surface area contributed by atoms with Crippen molar-refractivity contribution in [3.8, 4) is 0 Å². The van der Waals surface area contributed by atoms with Crippen molar-refractivity contribution in [2.24, 2.45) is 5.73 Å². The number of nitrogens with zero attached hydrogens (tertiary/aromatic N) is 1. The summed E-state index contributed by atoms with van der Waals surface area (Å²) in [7, 11) is 1.90. The van der Waals surface area contributed by atoms with E-state index in [-0.39, 0.29) is 10.8 Å². The van der Waals surface area contributed by atoms with Gasteiger partial charge in [-0.2, -0.15) is 0 Å². The third-order valence-electron chi connectivity index (χ3n) is 2.79. The van der Waals surface area contributed by atoms with Crippen molar-refractivity contribution < 1.29 is 8.81 Å². The Bertz CT molecular complexity index is 569. The molecule has 5 heteroatoms. The predicted molar refractivity (Wildman–Crippen MR) is 76.2 cm³/mol. The van der Waals surface area contributed by atoms with Gasteiger partial charge < -0.3 is 10.2 Å². The van der Waals surface area contributed by atoms with Crippen LogP contribution in [0, 0.1) is 5.82 Å². The fraction of sp³-hybridized carbons (Fsp3) is 0.214. The quantitative estimate of drug-likeness (QED) is 0.854. The number of thiocarbonyl (C=S) groups is 1. The lowest BCUT2D eigenvalue weighted by Crippen LogP contribution is -2.19. The molecule has 0 unspecified atom stereocenters. The molecule has 0 fully saturated rings. The molecular weight excluding hydrogens is 263 g/mol. The van der Waals surface area contributed by atoms with E-state index in [1.165, 1.54) is 0 Å². The monoisotopic (exact) mass is 278 g/mol. The van der Waals surface area contributed by atoms with Gasteiger partial charge in [0.05, 0.1) is 12.8 Å². The highest BCUT2D eigenvalue weighted by Gasteiger charge is 2.12. The SMILES string of the molecule is CN(Cc1ccco1)Cc1cccc(C(N)=S)c1F. The molecule has 0 saturated heterocycles. The van der Waals surface area contributed by atoms with Gasteiger partial charge in [0.1, 0.15) is 16.6 Å². The molecule has 0 spiro atoms. The summed E-state index contributed by atoms with van der Waals surface area (Å²) in [5, 5.41) is 0. The van der Waals surface area contributed by atoms with E-state index in [2.05, 4.69) is 0 Å². The van der Waals surface area contributed by atoms with Crippen LogP contribution in [0.3, 0.4) is 0 Å². The maximum Gasteiger partial charge on any atom is 0.137 e. The number of benzene rings is 1. The summed E-state index contributed by atoms with van der Waals surface area (Å²) in [6, 6.07) is 8.80. The first kappa shape index (κ1) is 13.7. The van der Waals surface area contributed by atoms with Crippen LogP contribution in [0.25, 0.3) is 0 Å². The summed E-state index contributed by atoms with van der Waals surface area (Å²) >= 11 is 4.83. The lowest BCUT2D eigenvalue weighted by atomic mass is 10.1. The van der Waals surface area contributed by atoms with Gasteiger partial charge in [0.15, 0.2) is 0 Å². The van der Waals surface area contributed by atoms with E-state index in [1.807, 2.05) is 24.1 Å². The Hall–Kier alpha value is -1.72. The molecule has 0 aliphatic rings. The molecule has 1 heterocycles. The van der Waals surface area contributed by atoms with Gasteiger partial charge >= 0.3 is 0 Å². The molecule has 0 amide bonds. The second-order valence-electron chi connectivity index (χ2n) is 4.39. The van der Waals surface area contributed by atoms with E-state index in [9.17, 15) is 4.39 Å². The fourth-order valence-electron chi connectivity index (χ4n) is 1.91. The summed E-state index contributed by atoms with van der Waals surface area (Å²) in [6.45, 7) is 1.08. The average Bonchev–Trinajstić information content (AvgIpc) is 2.84. The van der Waals surface area contributed by atoms with Gasteiger partial charge in [-0.3, -0.25) is 4.90 Å². The van der Waals surface area contributed by atoms with Crippen molar-refractivity contribution in [1.82, 2.24) is 4.90 Å². The summed E-state index contributed by atoms with van der Waals surface area (Å²) in [5.74, 6) is 0.495. The smallest absolute Gasteiger partial charge is 0.137 e. The van der Waals surface area contributed by atoms with E-state index in [4.69, 9.17) is 22.4 Å². The Kier molecular flexibility index (Phi) is 4.29. The lowest BCUT2D eigenvalue weighted by Gasteiger charge is -2.16. The zero-order valence-corrected chi connectivity index (χ0v) is 11.4. The van der Waals surface area contributed by atoms with Crippen molar-refractivity contribution in [3.05, 3.63) is 59.3 Å². The van der Waals surface area contributed by atoms with Crippen LogP contribution in [0.2, 0.25) is 0 Å². The predicted octanol–water partition coefficient (Wildman–Crippen LogP) is 2.68.